The first-order chi connectivity index (χ1) is 11.1. The molecular weight excluding hydrogens is 293 g/mol. The number of carbonyl (C=O) groups is 1. The molecule has 3 nitrogen and oxygen atoms in total. The van der Waals surface area contributed by atoms with Crippen molar-refractivity contribution in [2.45, 2.75) is 52.0 Å². The van der Waals surface area contributed by atoms with Crippen molar-refractivity contribution in [2.75, 3.05) is 19.8 Å². The molecular formula is C19H28FNO2. The average Bonchev–Trinajstić information content (AvgIpc) is 2.56. The van der Waals surface area contributed by atoms with E-state index in [1.165, 1.54) is 12.1 Å². The third kappa shape index (κ3) is 4.54. The molecule has 0 aliphatic carbocycles. The van der Waals surface area contributed by atoms with Crippen LogP contribution in [0.3, 0.4) is 0 Å². The summed E-state index contributed by atoms with van der Waals surface area (Å²) in [4.78, 5) is 14.7. The van der Waals surface area contributed by atoms with E-state index >= 15 is 0 Å². The lowest BCUT2D eigenvalue weighted by atomic mass is 9.80. The Morgan fingerprint density at radius 3 is 2.52 bits per heavy atom. The Labute approximate surface area is 138 Å². The molecule has 0 spiro atoms. The van der Waals surface area contributed by atoms with Crippen LogP contribution < -0.4 is 0 Å². The maximum atomic E-state index is 13.2. The second-order valence-corrected chi connectivity index (χ2v) is 6.45. The Bertz CT molecular complexity index is 499. The summed E-state index contributed by atoms with van der Waals surface area (Å²) in [6.07, 6.45) is 2.53. The summed E-state index contributed by atoms with van der Waals surface area (Å²) in [7, 11) is 0. The van der Waals surface area contributed by atoms with Crippen LogP contribution in [-0.4, -0.2) is 36.6 Å². The molecule has 0 radical (unpaired) electrons. The quantitative estimate of drug-likeness (QED) is 0.793. The largest absolute Gasteiger partial charge is 0.377 e. The van der Waals surface area contributed by atoms with Crippen LogP contribution in [-0.2, 0) is 9.53 Å². The third-order valence-electron chi connectivity index (χ3n) is 5.00. The van der Waals surface area contributed by atoms with Gasteiger partial charge in [-0.15, -0.1) is 0 Å². The number of hydrogen-bond acceptors (Lipinski definition) is 2. The van der Waals surface area contributed by atoms with Gasteiger partial charge >= 0.3 is 0 Å². The molecule has 4 heteroatoms. The van der Waals surface area contributed by atoms with Crippen molar-refractivity contribution in [1.29, 1.82) is 0 Å². The van der Waals surface area contributed by atoms with Crippen molar-refractivity contribution in [3.63, 3.8) is 0 Å². The van der Waals surface area contributed by atoms with E-state index in [4.69, 9.17) is 4.74 Å². The van der Waals surface area contributed by atoms with E-state index in [1.807, 2.05) is 24.0 Å². The molecule has 0 aromatic heterocycles. The lowest BCUT2D eigenvalue weighted by Gasteiger charge is -2.35. The number of rotatable bonds is 6. The Kier molecular flexibility index (Phi) is 6.58. The molecule has 2 atom stereocenters. The van der Waals surface area contributed by atoms with Crippen LogP contribution in [0.15, 0.2) is 24.3 Å². The summed E-state index contributed by atoms with van der Waals surface area (Å²) in [5.41, 5.74) is 1.06. The van der Waals surface area contributed by atoms with E-state index in [-0.39, 0.29) is 23.7 Å². The molecule has 1 fully saturated rings. The average molecular weight is 321 g/mol. The molecule has 1 heterocycles. The number of halogens is 1. The zero-order valence-electron chi connectivity index (χ0n) is 14.4. The molecule has 2 unspecified atom stereocenters. The minimum Gasteiger partial charge on any atom is -0.377 e. The van der Waals surface area contributed by atoms with E-state index in [9.17, 15) is 9.18 Å². The number of benzene rings is 1. The summed E-state index contributed by atoms with van der Waals surface area (Å²) in [6, 6.07) is 6.77. The molecule has 1 aromatic rings. The Hall–Kier alpha value is -1.42. The van der Waals surface area contributed by atoms with E-state index in [2.05, 4.69) is 13.8 Å². The van der Waals surface area contributed by atoms with Gasteiger partial charge in [0.1, 0.15) is 5.82 Å². The van der Waals surface area contributed by atoms with Crippen molar-refractivity contribution in [2.24, 2.45) is 5.92 Å². The van der Waals surface area contributed by atoms with Crippen molar-refractivity contribution >= 4 is 5.91 Å². The Morgan fingerprint density at radius 1 is 1.30 bits per heavy atom. The maximum absolute atomic E-state index is 13.2. The van der Waals surface area contributed by atoms with Crippen LogP contribution in [0.25, 0.3) is 0 Å². The fourth-order valence-electron chi connectivity index (χ4n) is 3.53. The highest BCUT2D eigenvalue weighted by atomic mass is 19.1. The summed E-state index contributed by atoms with van der Waals surface area (Å²) in [5, 5.41) is 0. The van der Waals surface area contributed by atoms with Crippen LogP contribution in [0.1, 0.15) is 51.5 Å². The van der Waals surface area contributed by atoms with Crippen LogP contribution in [0.5, 0.6) is 0 Å². The van der Waals surface area contributed by atoms with Crippen LogP contribution in [0.2, 0.25) is 0 Å². The zero-order valence-corrected chi connectivity index (χ0v) is 14.4. The summed E-state index contributed by atoms with van der Waals surface area (Å²) in [5.74, 6) is 0.529. The number of nitrogens with zero attached hydrogens (tertiary/aromatic N) is 1. The smallest absolute Gasteiger partial charge is 0.223 e. The predicted octanol–water partition coefficient (Wildman–Crippen LogP) is 3.98. The standard InChI is InChI=1S/C19H28FNO2/c1-4-15(5-2)18(16-6-8-17(20)9-7-16)12-19(22)21-10-11-23-13-14(21)3/h6-9,14-15,18H,4-5,10-13H2,1-3H3. The first-order valence-electron chi connectivity index (χ1n) is 8.69. The van der Waals surface area contributed by atoms with Crippen LogP contribution in [0.4, 0.5) is 4.39 Å². The van der Waals surface area contributed by atoms with Crippen molar-refractivity contribution in [1.82, 2.24) is 4.90 Å². The zero-order chi connectivity index (χ0) is 16.8. The van der Waals surface area contributed by atoms with E-state index < -0.39 is 0 Å². The van der Waals surface area contributed by atoms with Gasteiger partial charge in [-0.3, -0.25) is 4.79 Å². The SMILES string of the molecule is CCC(CC)C(CC(=O)N1CCOCC1C)c1ccc(F)cc1. The maximum Gasteiger partial charge on any atom is 0.223 e. The normalized spacial score (nSPS) is 19.9. The fraction of sp³-hybridized carbons (Fsp3) is 0.632. The number of carbonyl (C=O) groups excluding carboxylic acids is 1. The lowest BCUT2D eigenvalue weighted by Crippen LogP contribution is -2.47. The van der Waals surface area contributed by atoms with Gasteiger partial charge < -0.3 is 9.64 Å². The molecule has 2 rings (SSSR count). The topological polar surface area (TPSA) is 29.5 Å². The first-order valence-corrected chi connectivity index (χ1v) is 8.69. The minimum absolute atomic E-state index is 0.131. The van der Waals surface area contributed by atoms with Crippen molar-refractivity contribution < 1.29 is 13.9 Å². The van der Waals surface area contributed by atoms with E-state index in [0.717, 1.165) is 18.4 Å². The van der Waals surface area contributed by atoms with Gasteiger partial charge in [0.15, 0.2) is 0 Å². The molecule has 0 saturated carbocycles. The van der Waals surface area contributed by atoms with Gasteiger partial charge in [0.05, 0.1) is 19.3 Å². The van der Waals surface area contributed by atoms with Crippen LogP contribution in [0, 0.1) is 11.7 Å². The van der Waals surface area contributed by atoms with Gasteiger partial charge in [-0.05, 0) is 36.5 Å². The molecule has 1 amide bonds. The molecule has 0 N–H and O–H groups in total. The molecule has 128 valence electrons. The van der Waals surface area contributed by atoms with Crippen LogP contribution >= 0.6 is 0 Å². The molecule has 23 heavy (non-hydrogen) atoms. The second-order valence-electron chi connectivity index (χ2n) is 6.45. The molecule has 0 bridgehead atoms. The van der Waals surface area contributed by atoms with E-state index in [0.29, 0.717) is 32.1 Å². The number of ether oxygens (including phenoxy) is 1. The monoisotopic (exact) mass is 321 g/mol. The first kappa shape index (κ1) is 17.9. The second kappa shape index (κ2) is 8.44. The van der Waals surface area contributed by atoms with Gasteiger partial charge in [-0.25, -0.2) is 4.39 Å². The molecule has 1 aliphatic rings. The predicted molar refractivity (Wildman–Crippen MR) is 89.8 cm³/mol. The van der Waals surface area contributed by atoms with Crippen molar-refractivity contribution in [3.05, 3.63) is 35.6 Å². The fourth-order valence-corrected chi connectivity index (χ4v) is 3.53. The molecule has 1 aromatic carbocycles. The van der Waals surface area contributed by atoms with Gasteiger partial charge in [0.25, 0.3) is 0 Å². The number of morpholine rings is 1. The van der Waals surface area contributed by atoms with Gasteiger partial charge in [-0.2, -0.15) is 0 Å². The summed E-state index contributed by atoms with van der Waals surface area (Å²) >= 11 is 0. The number of hydrogen-bond donors (Lipinski definition) is 0. The Balaban J connectivity index is 2.16. The highest BCUT2D eigenvalue weighted by Gasteiger charge is 2.29. The number of amides is 1. The molecule has 1 saturated heterocycles. The lowest BCUT2D eigenvalue weighted by molar-refractivity contribution is -0.139. The summed E-state index contributed by atoms with van der Waals surface area (Å²) < 4.78 is 18.6. The van der Waals surface area contributed by atoms with Crippen molar-refractivity contribution in [3.8, 4) is 0 Å². The highest BCUT2D eigenvalue weighted by Crippen LogP contribution is 2.33. The van der Waals surface area contributed by atoms with Gasteiger partial charge in [0, 0.05) is 13.0 Å². The third-order valence-corrected chi connectivity index (χ3v) is 5.00. The van der Waals surface area contributed by atoms with Gasteiger partial charge in [-0.1, -0.05) is 38.8 Å². The minimum atomic E-state index is -0.231. The molecule has 1 aliphatic heterocycles. The van der Waals surface area contributed by atoms with E-state index in [1.54, 1.807) is 0 Å². The summed E-state index contributed by atoms with van der Waals surface area (Å²) in [6.45, 7) is 8.24. The Morgan fingerprint density at radius 2 is 1.96 bits per heavy atom. The highest BCUT2D eigenvalue weighted by molar-refractivity contribution is 5.77. The van der Waals surface area contributed by atoms with Gasteiger partial charge in [0.2, 0.25) is 5.91 Å².